The van der Waals surface area contributed by atoms with Crippen LogP contribution in [0.3, 0.4) is 0 Å². The molecule has 1 aliphatic rings. The highest BCUT2D eigenvalue weighted by molar-refractivity contribution is 5.87. The van der Waals surface area contributed by atoms with Gasteiger partial charge in [0, 0.05) is 20.0 Å². The van der Waals surface area contributed by atoms with Gasteiger partial charge in [0.05, 0.1) is 5.92 Å². The maximum Gasteiger partial charge on any atom is 0.306 e. The third kappa shape index (κ3) is 5.71. The number of amides is 2. The topological polar surface area (TPSA) is 113 Å². The molecule has 7 nitrogen and oxygen atoms in total. The number of piperidine rings is 1. The Bertz CT molecular complexity index is 378. The summed E-state index contributed by atoms with van der Waals surface area (Å²) < 4.78 is 0. The molecule has 1 rings (SSSR count). The second-order valence-electron chi connectivity index (χ2n) is 5.48. The minimum Gasteiger partial charge on any atom is -0.481 e. The van der Waals surface area contributed by atoms with Gasteiger partial charge < -0.3 is 21.1 Å². The SMILES string of the molecule is CC(=O)NC(CCCCN)C(=O)N1CCC(C(=O)O)CC1. The van der Waals surface area contributed by atoms with Gasteiger partial charge in [0.2, 0.25) is 11.8 Å². The molecular weight excluding hydrogens is 274 g/mol. The van der Waals surface area contributed by atoms with Crippen LogP contribution in [-0.4, -0.2) is 53.5 Å². The highest BCUT2D eigenvalue weighted by atomic mass is 16.4. The molecule has 1 aliphatic heterocycles. The minimum absolute atomic E-state index is 0.119. The number of likely N-dealkylation sites (tertiary alicyclic amines) is 1. The van der Waals surface area contributed by atoms with E-state index in [1.54, 1.807) is 4.90 Å². The number of nitrogens with two attached hydrogens (primary N) is 1. The number of carboxylic acid groups (broad SMARTS) is 1. The van der Waals surface area contributed by atoms with Crippen molar-refractivity contribution in [2.75, 3.05) is 19.6 Å². The molecule has 0 aromatic rings. The summed E-state index contributed by atoms with van der Waals surface area (Å²) in [6, 6.07) is -0.532. The first-order valence-corrected chi connectivity index (χ1v) is 7.44. The van der Waals surface area contributed by atoms with Crippen molar-refractivity contribution in [1.82, 2.24) is 10.2 Å². The Labute approximate surface area is 124 Å². The van der Waals surface area contributed by atoms with Crippen LogP contribution < -0.4 is 11.1 Å². The Kier molecular flexibility index (Phi) is 7.14. The average molecular weight is 299 g/mol. The van der Waals surface area contributed by atoms with Crippen LogP contribution in [0.5, 0.6) is 0 Å². The van der Waals surface area contributed by atoms with Crippen molar-refractivity contribution in [2.24, 2.45) is 11.7 Å². The number of carbonyl (C=O) groups excluding carboxylic acids is 2. The molecule has 1 saturated heterocycles. The molecule has 0 radical (unpaired) electrons. The lowest BCUT2D eigenvalue weighted by Gasteiger charge is -2.33. The number of aliphatic carboxylic acids is 1. The van der Waals surface area contributed by atoms with Gasteiger partial charge in [0.25, 0.3) is 0 Å². The van der Waals surface area contributed by atoms with E-state index in [-0.39, 0.29) is 17.7 Å². The van der Waals surface area contributed by atoms with E-state index in [4.69, 9.17) is 10.8 Å². The Hall–Kier alpha value is -1.63. The first-order chi connectivity index (χ1) is 9.95. The van der Waals surface area contributed by atoms with Gasteiger partial charge >= 0.3 is 5.97 Å². The van der Waals surface area contributed by atoms with Gasteiger partial charge in [0.15, 0.2) is 0 Å². The van der Waals surface area contributed by atoms with E-state index < -0.39 is 12.0 Å². The minimum atomic E-state index is -0.802. The van der Waals surface area contributed by atoms with Gasteiger partial charge in [-0.15, -0.1) is 0 Å². The van der Waals surface area contributed by atoms with Crippen LogP contribution in [0.15, 0.2) is 0 Å². The summed E-state index contributed by atoms with van der Waals surface area (Å²) in [4.78, 5) is 36.2. The lowest BCUT2D eigenvalue weighted by molar-refractivity contribution is -0.146. The highest BCUT2D eigenvalue weighted by Gasteiger charge is 2.30. The zero-order valence-corrected chi connectivity index (χ0v) is 12.5. The van der Waals surface area contributed by atoms with Gasteiger partial charge in [-0.2, -0.15) is 0 Å². The van der Waals surface area contributed by atoms with Crippen LogP contribution in [0.1, 0.15) is 39.0 Å². The van der Waals surface area contributed by atoms with Crippen LogP contribution >= 0.6 is 0 Å². The molecule has 0 saturated carbocycles. The largest absolute Gasteiger partial charge is 0.481 e. The van der Waals surface area contributed by atoms with Gasteiger partial charge in [0.1, 0.15) is 6.04 Å². The molecule has 0 aromatic heterocycles. The molecular formula is C14H25N3O4. The summed E-state index contributed by atoms with van der Waals surface area (Å²) in [7, 11) is 0. The summed E-state index contributed by atoms with van der Waals surface area (Å²) in [5.41, 5.74) is 5.44. The van der Waals surface area contributed by atoms with Crippen molar-refractivity contribution in [1.29, 1.82) is 0 Å². The molecule has 1 atom stereocenters. The number of hydrogen-bond acceptors (Lipinski definition) is 4. The Morgan fingerprint density at radius 2 is 1.90 bits per heavy atom. The van der Waals surface area contributed by atoms with E-state index in [0.29, 0.717) is 38.9 Å². The van der Waals surface area contributed by atoms with E-state index in [1.807, 2.05) is 0 Å². The maximum atomic E-state index is 12.4. The standard InChI is InChI=1S/C14H25N3O4/c1-10(18)16-12(4-2-3-7-15)13(19)17-8-5-11(6-9-17)14(20)21/h11-12H,2-9,15H2,1H3,(H,16,18)(H,20,21). The van der Waals surface area contributed by atoms with Gasteiger partial charge in [-0.25, -0.2) is 0 Å². The fraction of sp³-hybridized carbons (Fsp3) is 0.786. The van der Waals surface area contributed by atoms with Crippen LogP contribution in [0.25, 0.3) is 0 Å². The first-order valence-electron chi connectivity index (χ1n) is 7.44. The fourth-order valence-electron chi connectivity index (χ4n) is 2.56. The Morgan fingerprint density at radius 1 is 1.29 bits per heavy atom. The zero-order valence-electron chi connectivity index (χ0n) is 12.5. The zero-order chi connectivity index (χ0) is 15.8. The Balaban J connectivity index is 2.55. The third-order valence-electron chi connectivity index (χ3n) is 3.78. The lowest BCUT2D eigenvalue weighted by Crippen LogP contribution is -2.50. The molecule has 7 heteroatoms. The highest BCUT2D eigenvalue weighted by Crippen LogP contribution is 2.18. The Morgan fingerprint density at radius 3 is 2.38 bits per heavy atom. The summed E-state index contributed by atoms with van der Waals surface area (Å²) >= 11 is 0. The molecule has 0 aromatic carbocycles. The normalized spacial score (nSPS) is 17.3. The smallest absolute Gasteiger partial charge is 0.306 e. The number of hydrogen-bond donors (Lipinski definition) is 3. The van der Waals surface area contributed by atoms with Crippen LogP contribution in [0.4, 0.5) is 0 Å². The molecule has 0 aliphatic carbocycles. The number of unbranched alkanes of at least 4 members (excludes halogenated alkanes) is 1. The van der Waals surface area contributed by atoms with Crippen LogP contribution in [0, 0.1) is 5.92 Å². The van der Waals surface area contributed by atoms with Crippen molar-refractivity contribution >= 4 is 17.8 Å². The predicted molar refractivity (Wildman–Crippen MR) is 77.4 cm³/mol. The summed E-state index contributed by atoms with van der Waals surface area (Å²) in [6.07, 6.45) is 3.09. The predicted octanol–water partition coefficient (Wildman–Crippen LogP) is -0.0567. The molecule has 4 N–H and O–H groups in total. The second-order valence-corrected chi connectivity index (χ2v) is 5.48. The maximum absolute atomic E-state index is 12.4. The number of carbonyl (C=O) groups is 3. The van der Waals surface area contributed by atoms with Gasteiger partial charge in [-0.1, -0.05) is 0 Å². The van der Waals surface area contributed by atoms with E-state index in [9.17, 15) is 14.4 Å². The molecule has 21 heavy (non-hydrogen) atoms. The third-order valence-corrected chi connectivity index (χ3v) is 3.78. The summed E-state index contributed by atoms with van der Waals surface area (Å²) in [5.74, 6) is -1.53. The number of nitrogens with one attached hydrogen (secondary N) is 1. The lowest BCUT2D eigenvalue weighted by atomic mass is 9.96. The monoisotopic (exact) mass is 299 g/mol. The van der Waals surface area contributed by atoms with Crippen LogP contribution in [0.2, 0.25) is 0 Å². The van der Waals surface area contributed by atoms with Crippen molar-refractivity contribution in [3.05, 3.63) is 0 Å². The summed E-state index contributed by atoms with van der Waals surface area (Å²) in [6.45, 7) is 2.82. The molecule has 0 spiro atoms. The molecule has 1 unspecified atom stereocenters. The number of nitrogens with zero attached hydrogens (tertiary/aromatic N) is 1. The van der Waals surface area contributed by atoms with E-state index in [1.165, 1.54) is 6.92 Å². The molecule has 0 bridgehead atoms. The van der Waals surface area contributed by atoms with Crippen molar-refractivity contribution < 1.29 is 19.5 Å². The van der Waals surface area contributed by atoms with Crippen LogP contribution in [-0.2, 0) is 14.4 Å². The van der Waals surface area contributed by atoms with Gasteiger partial charge in [-0.3, -0.25) is 14.4 Å². The first kappa shape index (κ1) is 17.4. The van der Waals surface area contributed by atoms with Gasteiger partial charge in [-0.05, 0) is 38.6 Å². The molecule has 1 fully saturated rings. The van der Waals surface area contributed by atoms with E-state index >= 15 is 0 Å². The number of carboxylic acids is 1. The van der Waals surface area contributed by atoms with Crippen molar-refractivity contribution in [2.45, 2.75) is 45.1 Å². The second kappa shape index (κ2) is 8.61. The van der Waals surface area contributed by atoms with Crippen molar-refractivity contribution in [3.63, 3.8) is 0 Å². The van der Waals surface area contributed by atoms with E-state index in [0.717, 1.165) is 12.8 Å². The summed E-state index contributed by atoms with van der Waals surface area (Å²) in [5, 5.41) is 11.6. The molecule has 1 heterocycles. The fourth-order valence-corrected chi connectivity index (χ4v) is 2.56. The molecule has 2 amide bonds. The molecule has 120 valence electrons. The number of rotatable bonds is 7. The van der Waals surface area contributed by atoms with Crippen molar-refractivity contribution in [3.8, 4) is 0 Å². The quantitative estimate of drug-likeness (QED) is 0.570. The van der Waals surface area contributed by atoms with E-state index in [2.05, 4.69) is 5.32 Å². The average Bonchev–Trinajstić information content (AvgIpc) is 2.45.